The van der Waals surface area contributed by atoms with Crippen LogP contribution in [-0.2, 0) is 10.2 Å². The topological polar surface area (TPSA) is 38.8 Å². The van der Waals surface area contributed by atoms with Crippen LogP contribution in [-0.4, -0.2) is 34.9 Å². The number of thioether (sulfide) groups is 1. The summed E-state index contributed by atoms with van der Waals surface area (Å²) in [4.78, 5) is 14.6. The van der Waals surface area contributed by atoms with Gasteiger partial charge in [-0.15, -0.1) is 0 Å². The number of nitrogens with zero attached hydrogens (tertiary/aromatic N) is 1. The van der Waals surface area contributed by atoms with Crippen LogP contribution in [0, 0.1) is 0 Å². The molecule has 30 heavy (non-hydrogen) atoms. The Morgan fingerprint density at radius 1 is 1.03 bits per heavy atom. The van der Waals surface area contributed by atoms with Crippen LogP contribution in [0.4, 0.5) is 0 Å². The monoisotopic (exact) mass is 441 g/mol. The van der Waals surface area contributed by atoms with Crippen LogP contribution in [0.5, 0.6) is 11.5 Å². The third-order valence-electron chi connectivity index (χ3n) is 4.69. The van der Waals surface area contributed by atoms with Crippen molar-refractivity contribution in [2.75, 3.05) is 19.8 Å². The fourth-order valence-corrected chi connectivity index (χ4v) is 4.37. The first-order chi connectivity index (χ1) is 14.3. The Balaban J connectivity index is 1.53. The third kappa shape index (κ3) is 5.64. The number of ether oxygens (including phenoxy) is 2. The largest absolute Gasteiger partial charge is 0.490 e. The van der Waals surface area contributed by atoms with Gasteiger partial charge in [0.1, 0.15) is 29.0 Å². The quantitative estimate of drug-likeness (QED) is 0.315. The lowest BCUT2D eigenvalue weighted by atomic mass is 9.87. The Morgan fingerprint density at radius 3 is 2.30 bits per heavy atom. The highest BCUT2D eigenvalue weighted by atomic mass is 32.2. The average molecular weight is 442 g/mol. The Kier molecular flexibility index (Phi) is 7.21. The number of carbonyl (C=O) groups is 1. The van der Waals surface area contributed by atoms with E-state index in [1.165, 1.54) is 17.3 Å². The predicted octanol–water partition coefficient (Wildman–Crippen LogP) is 5.66. The SMILES string of the molecule is CCN1C(=O)/C(=C\c2cccc(OCCOc3ccc(C(C)(C)C)cc3)c2)SC1=S. The molecule has 2 aromatic carbocycles. The maximum Gasteiger partial charge on any atom is 0.266 e. The number of rotatable bonds is 7. The molecule has 0 radical (unpaired) electrons. The van der Waals surface area contributed by atoms with Crippen molar-refractivity contribution in [1.82, 2.24) is 4.90 Å². The van der Waals surface area contributed by atoms with Crippen LogP contribution in [0.1, 0.15) is 38.8 Å². The van der Waals surface area contributed by atoms with E-state index in [0.717, 1.165) is 17.1 Å². The van der Waals surface area contributed by atoms with Crippen LogP contribution < -0.4 is 9.47 Å². The zero-order chi connectivity index (χ0) is 21.7. The maximum absolute atomic E-state index is 12.4. The van der Waals surface area contributed by atoms with Gasteiger partial charge in [-0.2, -0.15) is 0 Å². The van der Waals surface area contributed by atoms with Crippen molar-refractivity contribution >= 4 is 40.3 Å². The minimum atomic E-state index is -0.0373. The molecule has 0 spiro atoms. The van der Waals surface area contributed by atoms with Crippen LogP contribution in [0.3, 0.4) is 0 Å². The minimum absolute atomic E-state index is 0.0373. The lowest BCUT2D eigenvalue weighted by Gasteiger charge is -2.19. The summed E-state index contributed by atoms with van der Waals surface area (Å²) in [5.41, 5.74) is 2.31. The molecule has 4 nitrogen and oxygen atoms in total. The zero-order valence-electron chi connectivity index (χ0n) is 17.8. The van der Waals surface area contributed by atoms with Crippen LogP contribution in [0.2, 0.25) is 0 Å². The van der Waals surface area contributed by atoms with E-state index in [1.807, 2.05) is 49.4 Å². The molecular weight excluding hydrogens is 414 g/mol. The van der Waals surface area contributed by atoms with E-state index in [-0.39, 0.29) is 11.3 Å². The maximum atomic E-state index is 12.4. The molecule has 1 aliphatic heterocycles. The van der Waals surface area contributed by atoms with E-state index in [4.69, 9.17) is 21.7 Å². The molecule has 0 unspecified atom stereocenters. The first-order valence-corrected chi connectivity index (χ1v) is 11.2. The number of hydrogen-bond donors (Lipinski definition) is 0. The van der Waals surface area contributed by atoms with Crippen molar-refractivity contribution in [2.24, 2.45) is 0 Å². The molecule has 3 rings (SSSR count). The summed E-state index contributed by atoms with van der Waals surface area (Å²) < 4.78 is 12.2. The van der Waals surface area contributed by atoms with E-state index < -0.39 is 0 Å². The molecule has 1 aliphatic rings. The Hall–Kier alpha value is -2.31. The minimum Gasteiger partial charge on any atom is -0.490 e. The van der Waals surface area contributed by atoms with Gasteiger partial charge < -0.3 is 9.47 Å². The molecule has 1 amide bonds. The van der Waals surface area contributed by atoms with Gasteiger partial charge in [0.2, 0.25) is 0 Å². The standard InChI is InChI=1S/C24H27NO3S2/c1-5-25-22(26)21(30-23(25)29)16-17-7-6-8-20(15-17)28-14-13-27-19-11-9-18(10-12-19)24(2,3)4/h6-12,15-16H,5,13-14H2,1-4H3/b21-16+. The van der Waals surface area contributed by atoms with E-state index in [0.29, 0.717) is 29.0 Å². The fraction of sp³-hybridized carbons (Fsp3) is 0.333. The van der Waals surface area contributed by atoms with Crippen molar-refractivity contribution in [3.63, 3.8) is 0 Å². The highest BCUT2D eigenvalue weighted by molar-refractivity contribution is 8.26. The number of likely N-dealkylation sites (N-methyl/N-ethyl adjacent to an activating group) is 1. The molecule has 0 aromatic heterocycles. The molecule has 2 aromatic rings. The predicted molar refractivity (Wildman–Crippen MR) is 128 cm³/mol. The number of hydrogen-bond acceptors (Lipinski definition) is 5. The molecule has 0 N–H and O–H groups in total. The van der Waals surface area contributed by atoms with Crippen molar-refractivity contribution in [1.29, 1.82) is 0 Å². The molecule has 1 fully saturated rings. The molecule has 1 heterocycles. The summed E-state index contributed by atoms with van der Waals surface area (Å²) in [5.74, 6) is 1.53. The number of thiocarbonyl (C=S) groups is 1. The number of benzene rings is 2. The molecule has 0 saturated carbocycles. The van der Waals surface area contributed by atoms with E-state index in [9.17, 15) is 4.79 Å². The van der Waals surface area contributed by atoms with Gasteiger partial charge in [-0.3, -0.25) is 9.69 Å². The van der Waals surface area contributed by atoms with Gasteiger partial charge in [0, 0.05) is 6.54 Å². The van der Waals surface area contributed by atoms with Crippen molar-refractivity contribution in [3.05, 3.63) is 64.6 Å². The van der Waals surface area contributed by atoms with Crippen molar-refractivity contribution in [3.8, 4) is 11.5 Å². The molecule has 158 valence electrons. The number of amides is 1. The second-order valence-corrected chi connectivity index (χ2v) is 9.65. The highest BCUT2D eigenvalue weighted by Gasteiger charge is 2.30. The fourth-order valence-electron chi connectivity index (χ4n) is 2.99. The summed E-state index contributed by atoms with van der Waals surface area (Å²) in [6.45, 7) is 9.96. The summed E-state index contributed by atoms with van der Waals surface area (Å²) in [6, 6.07) is 15.8. The van der Waals surface area contributed by atoms with Gasteiger partial charge >= 0.3 is 0 Å². The molecule has 6 heteroatoms. The second-order valence-electron chi connectivity index (χ2n) is 7.97. The van der Waals surface area contributed by atoms with Gasteiger partial charge in [-0.05, 0) is 53.8 Å². The van der Waals surface area contributed by atoms with Gasteiger partial charge in [0.05, 0.1) is 4.91 Å². The van der Waals surface area contributed by atoms with Gasteiger partial charge in [0.15, 0.2) is 0 Å². The van der Waals surface area contributed by atoms with Crippen LogP contribution in [0.15, 0.2) is 53.4 Å². The zero-order valence-corrected chi connectivity index (χ0v) is 19.4. The van der Waals surface area contributed by atoms with E-state index >= 15 is 0 Å². The van der Waals surface area contributed by atoms with E-state index in [1.54, 1.807) is 4.90 Å². The normalized spacial score (nSPS) is 15.7. The summed E-state index contributed by atoms with van der Waals surface area (Å²) >= 11 is 6.60. The molecule has 0 bridgehead atoms. The molecule has 1 saturated heterocycles. The first-order valence-electron chi connectivity index (χ1n) is 9.99. The van der Waals surface area contributed by atoms with Crippen LogP contribution >= 0.6 is 24.0 Å². The van der Waals surface area contributed by atoms with Crippen molar-refractivity contribution < 1.29 is 14.3 Å². The van der Waals surface area contributed by atoms with Gasteiger partial charge in [0.25, 0.3) is 5.91 Å². The third-order valence-corrected chi connectivity index (χ3v) is 6.06. The second kappa shape index (κ2) is 9.67. The van der Waals surface area contributed by atoms with E-state index in [2.05, 4.69) is 32.9 Å². The molecule has 0 aliphatic carbocycles. The molecular formula is C24H27NO3S2. The van der Waals surface area contributed by atoms with Gasteiger partial charge in [-0.1, -0.05) is 69.0 Å². The Morgan fingerprint density at radius 2 is 1.70 bits per heavy atom. The summed E-state index contributed by atoms with van der Waals surface area (Å²) in [5, 5.41) is 0. The van der Waals surface area contributed by atoms with Crippen molar-refractivity contribution in [2.45, 2.75) is 33.1 Å². The summed E-state index contributed by atoms with van der Waals surface area (Å²) in [6.07, 6.45) is 1.86. The lowest BCUT2D eigenvalue weighted by Crippen LogP contribution is -2.27. The smallest absolute Gasteiger partial charge is 0.266 e. The van der Waals surface area contributed by atoms with Gasteiger partial charge in [-0.25, -0.2) is 0 Å². The summed E-state index contributed by atoms with van der Waals surface area (Å²) in [7, 11) is 0. The Bertz CT molecular complexity index is 946. The average Bonchev–Trinajstić information content (AvgIpc) is 2.97. The number of carbonyl (C=O) groups excluding carboxylic acids is 1. The molecule has 0 atom stereocenters. The highest BCUT2D eigenvalue weighted by Crippen LogP contribution is 2.32. The first kappa shape index (κ1) is 22.4. The lowest BCUT2D eigenvalue weighted by molar-refractivity contribution is -0.121. The van der Waals surface area contributed by atoms with Crippen LogP contribution in [0.25, 0.3) is 6.08 Å². The Labute approximate surface area is 188 Å².